The van der Waals surface area contributed by atoms with E-state index in [0.717, 1.165) is 42.4 Å². The van der Waals surface area contributed by atoms with Gasteiger partial charge >= 0.3 is 0 Å². The summed E-state index contributed by atoms with van der Waals surface area (Å²) in [5, 5.41) is 15.0. The summed E-state index contributed by atoms with van der Waals surface area (Å²) in [5.41, 5.74) is 6.96. The molecule has 1 aliphatic rings. The number of nitrogens with zero attached hydrogens (tertiary/aromatic N) is 3. The number of rotatable bonds is 2. The van der Waals surface area contributed by atoms with Crippen LogP contribution in [0.5, 0.6) is 0 Å². The zero-order chi connectivity index (χ0) is 13.6. The van der Waals surface area contributed by atoms with Gasteiger partial charge in [-0.25, -0.2) is 4.68 Å². The SMILES string of the molecule is Cc1nn(C)c2n[nH]c(NC(=O)C3(N)CCCC3)c12. The molecule has 7 nitrogen and oxygen atoms in total. The third-order valence-electron chi connectivity index (χ3n) is 3.90. The average molecular weight is 262 g/mol. The molecule has 0 aliphatic heterocycles. The molecule has 0 spiro atoms. The molecule has 1 saturated carbocycles. The summed E-state index contributed by atoms with van der Waals surface area (Å²) in [6.07, 6.45) is 3.49. The fourth-order valence-electron chi connectivity index (χ4n) is 2.79. The Kier molecular flexibility index (Phi) is 2.60. The van der Waals surface area contributed by atoms with Crippen LogP contribution in [-0.4, -0.2) is 31.4 Å². The van der Waals surface area contributed by atoms with E-state index in [1.807, 2.05) is 14.0 Å². The second kappa shape index (κ2) is 4.06. The summed E-state index contributed by atoms with van der Waals surface area (Å²) in [5.74, 6) is 0.445. The second-order valence-electron chi connectivity index (χ2n) is 5.32. The Labute approximate surface area is 110 Å². The van der Waals surface area contributed by atoms with E-state index in [1.54, 1.807) is 4.68 Å². The summed E-state index contributed by atoms with van der Waals surface area (Å²) >= 11 is 0. The van der Waals surface area contributed by atoms with Crippen molar-refractivity contribution in [3.63, 3.8) is 0 Å². The highest BCUT2D eigenvalue weighted by Crippen LogP contribution is 2.30. The van der Waals surface area contributed by atoms with E-state index in [0.29, 0.717) is 5.82 Å². The molecule has 2 aromatic heterocycles. The molecule has 19 heavy (non-hydrogen) atoms. The van der Waals surface area contributed by atoms with Crippen LogP contribution in [0.3, 0.4) is 0 Å². The molecule has 0 saturated heterocycles. The van der Waals surface area contributed by atoms with Crippen molar-refractivity contribution in [2.75, 3.05) is 5.32 Å². The maximum absolute atomic E-state index is 12.3. The van der Waals surface area contributed by atoms with Crippen LogP contribution in [0.1, 0.15) is 31.4 Å². The van der Waals surface area contributed by atoms with E-state index in [1.165, 1.54) is 0 Å². The van der Waals surface area contributed by atoms with Gasteiger partial charge in [0.05, 0.1) is 16.6 Å². The molecule has 3 rings (SSSR count). The number of hydrogen-bond donors (Lipinski definition) is 3. The molecule has 0 unspecified atom stereocenters. The highest BCUT2D eigenvalue weighted by molar-refractivity contribution is 6.03. The van der Waals surface area contributed by atoms with Crippen molar-refractivity contribution in [3.05, 3.63) is 5.69 Å². The van der Waals surface area contributed by atoms with Crippen molar-refractivity contribution < 1.29 is 4.79 Å². The van der Waals surface area contributed by atoms with Gasteiger partial charge in [0.2, 0.25) is 5.91 Å². The molecule has 0 bridgehead atoms. The number of aromatic amines is 1. The molecule has 1 fully saturated rings. The van der Waals surface area contributed by atoms with Gasteiger partial charge in [-0.15, -0.1) is 0 Å². The number of hydrogen-bond acceptors (Lipinski definition) is 4. The maximum atomic E-state index is 12.3. The monoisotopic (exact) mass is 262 g/mol. The van der Waals surface area contributed by atoms with Gasteiger partial charge in [-0.3, -0.25) is 9.89 Å². The molecule has 0 radical (unpaired) electrons. The Hall–Kier alpha value is -1.89. The highest BCUT2D eigenvalue weighted by Gasteiger charge is 2.37. The third-order valence-corrected chi connectivity index (χ3v) is 3.90. The Morgan fingerprint density at radius 1 is 1.47 bits per heavy atom. The predicted octanol–water partition coefficient (Wildman–Crippen LogP) is 0.815. The number of aryl methyl sites for hydroxylation is 2. The van der Waals surface area contributed by atoms with Gasteiger partial charge in [-0.1, -0.05) is 12.8 Å². The van der Waals surface area contributed by atoms with Crippen molar-refractivity contribution in [1.82, 2.24) is 20.0 Å². The first kappa shape index (κ1) is 12.2. The third kappa shape index (κ3) is 1.81. The smallest absolute Gasteiger partial charge is 0.245 e. The lowest BCUT2D eigenvalue weighted by molar-refractivity contribution is -0.121. The van der Waals surface area contributed by atoms with Crippen molar-refractivity contribution in [2.24, 2.45) is 12.8 Å². The fraction of sp³-hybridized carbons (Fsp3) is 0.583. The Balaban J connectivity index is 1.91. The van der Waals surface area contributed by atoms with Gasteiger partial charge in [0, 0.05) is 7.05 Å². The highest BCUT2D eigenvalue weighted by atomic mass is 16.2. The Morgan fingerprint density at radius 2 is 2.16 bits per heavy atom. The molecule has 1 amide bonds. The van der Waals surface area contributed by atoms with E-state index in [9.17, 15) is 4.79 Å². The second-order valence-corrected chi connectivity index (χ2v) is 5.32. The van der Waals surface area contributed by atoms with Crippen molar-refractivity contribution in [3.8, 4) is 0 Å². The van der Waals surface area contributed by atoms with Crippen LogP contribution in [0.2, 0.25) is 0 Å². The summed E-state index contributed by atoms with van der Waals surface area (Å²) in [4.78, 5) is 12.3. The van der Waals surface area contributed by atoms with Gasteiger partial charge in [0.1, 0.15) is 5.82 Å². The number of aromatic nitrogens is 4. The number of amides is 1. The summed E-state index contributed by atoms with van der Waals surface area (Å²) in [6.45, 7) is 1.89. The zero-order valence-corrected chi connectivity index (χ0v) is 11.2. The summed E-state index contributed by atoms with van der Waals surface area (Å²) in [7, 11) is 1.82. The van der Waals surface area contributed by atoms with E-state index in [4.69, 9.17) is 5.73 Å². The number of anilines is 1. The molecular weight excluding hydrogens is 244 g/mol. The van der Waals surface area contributed by atoms with E-state index in [2.05, 4.69) is 20.6 Å². The molecule has 7 heteroatoms. The van der Waals surface area contributed by atoms with Gasteiger partial charge in [-0.05, 0) is 19.8 Å². The number of H-pyrrole nitrogens is 1. The molecule has 102 valence electrons. The number of carbonyl (C=O) groups is 1. The molecule has 0 atom stereocenters. The minimum Gasteiger partial charge on any atom is -0.317 e. The predicted molar refractivity (Wildman–Crippen MR) is 71.6 cm³/mol. The molecule has 1 aliphatic carbocycles. The molecule has 4 N–H and O–H groups in total. The summed E-state index contributed by atoms with van der Waals surface area (Å²) < 4.78 is 1.69. The number of nitrogens with one attached hydrogen (secondary N) is 2. The van der Waals surface area contributed by atoms with Crippen LogP contribution >= 0.6 is 0 Å². The van der Waals surface area contributed by atoms with E-state index >= 15 is 0 Å². The van der Waals surface area contributed by atoms with Gasteiger partial charge < -0.3 is 11.1 Å². The minimum atomic E-state index is -0.743. The standard InChI is InChI=1S/C12H18N6O/c1-7-8-9(15-16-10(8)18(2)17-7)14-11(19)12(13)5-3-4-6-12/h3-6,13H2,1-2H3,(H2,14,15,16,19). The molecule has 0 aromatic carbocycles. The first-order valence-electron chi connectivity index (χ1n) is 6.49. The first-order valence-corrected chi connectivity index (χ1v) is 6.49. The van der Waals surface area contributed by atoms with E-state index in [-0.39, 0.29) is 5.91 Å². The molecular formula is C12H18N6O. The fourth-order valence-corrected chi connectivity index (χ4v) is 2.79. The largest absolute Gasteiger partial charge is 0.317 e. The zero-order valence-electron chi connectivity index (χ0n) is 11.2. The van der Waals surface area contributed by atoms with Crippen LogP contribution in [0, 0.1) is 6.92 Å². The topological polar surface area (TPSA) is 102 Å². The Bertz CT molecular complexity index is 634. The average Bonchev–Trinajstić information content (AvgIpc) is 3.01. The van der Waals surface area contributed by atoms with E-state index < -0.39 is 5.54 Å². The number of nitrogens with two attached hydrogens (primary N) is 1. The van der Waals surface area contributed by atoms with Crippen LogP contribution in [-0.2, 0) is 11.8 Å². The lowest BCUT2D eigenvalue weighted by Gasteiger charge is -2.21. The van der Waals surface area contributed by atoms with Crippen molar-refractivity contribution in [2.45, 2.75) is 38.1 Å². The lowest BCUT2D eigenvalue weighted by Crippen LogP contribution is -2.48. The van der Waals surface area contributed by atoms with Crippen LogP contribution in [0.15, 0.2) is 0 Å². The van der Waals surface area contributed by atoms with Gasteiger partial charge in [0.15, 0.2) is 5.65 Å². The first-order chi connectivity index (χ1) is 9.01. The lowest BCUT2D eigenvalue weighted by atomic mass is 9.98. The molecule has 2 heterocycles. The van der Waals surface area contributed by atoms with Crippen molar-refractivity contribution >= 4 is 22.8 Å². The minimum absolute atomic E-state index is 0.140. The number of carbonyl (C=O) groups excluding carboxylic acids is 1. The normalized spacial score (nSPS) is 18.1. The molecule has 2 aromatic rings. The van der Waals surface area contributed by atoms with Crippen molar-refractivity contribution in [1.29, 1.82) is 0 Å². The quantitative estimate of drug-likeness (QED) is 0.745. The maximum Gasteiger partial charge on any atom is 0.245 e. The van der Waals surface area contributed by atoms with Gasteiger partial charge in [0.25, 0.3) is 0 Å². The van der Waals surface area contributed by atoms with Crippen LogP contribution < -0.4 is 11.1 Å². The van der Waals surface area contributed by atoms with Gasteiger partial charge in [-0.2, -0.15) is 10.2 Å². The number of fused-ring (bicyclic) bond motifs is 1. The Morgan fingerprint density at radius 3 is 2.84 bits per heavy atom. The van der Waals surface area contributed by atoms with Crippen LogP contribution in [0.25, 0.3) is 11.0 Å². The van der Waals surface area contributed by atoms with Crippen LogP contribution in [0.4, 0.5) is 5.82 Å². The summed E-state index contributed by atoms with van der Waals surface area (Å²) in [6, 6.07) is 0.